The Kier molecular flexibility index (Phi) is 6.84. The number of nitriles is 1. The van der Waals surface area contributed by atoms with Crippen LogP contribution in [0, 0.1) is 11.3 Å². The fourth-order valence-corrected chi connectivity index (χ4v) is 3.93. The molecule has 158 valence electrons. The number of hydrogen-bond acceptors (Lipinski definition) is 7. The molecule has 31 heavy (non-hydrogen) atoms. The molecule has 10 heteroatoms. The molecule has 0 unspecified atom stereocenters. The van der Waals surface area contributed by atoms with Gasteiger partial charge in [0.25, 0.3) is 11.1 Å². The van der Waals surface area contributed by atoms with Crippen molar-refractivity contribution in [2.45, 2.75) is 6.54 Å². The molecule has 8 nitrogen and oxygen atoms in total. The Labute approximate surface area is 186 Å². The molecule has 0 saturated carbocycles. The number of aliphatic carboxylic acids is 1. The number of nitrogens with zero attached hydrogens (tertiary/aromatic N) is 2. The van der Waals surface area contributed by atoms with Gasteiger partial charge in [-0.1, -0.05) is 29.8 Å². The van der Waals surface area contributed by atoms with Crippen LogP contribution in [0.1, 0.15) is 16.7 Å². The molecular weight excluding hydrogens is 444 g/mol. The molecule has 1 aliphatic heterocycles. The predicted molar refractivity (Wildman–Crippen MR) is 114 cm³/mol. The van der Waals surface area contributed by atoms with Gasteiger partial charge in [-0.3, -0.25) is 14.5 Å². The van der Waals surface area contributed by atoms with E-state index in [1.807, 2.05) is 6.07 Å². The fraction of sp³-hybridized carbons (Fsp3) is 0.143. The SMILES string of the molecule is COc1cc(/C=C2/SC(=O)N(Cc3ccccc3C#N)C2=O)cc(Cl)c1OCC(=O)O. The van der Waals surface area contributed by atoms with Crippen LogP contribution in [0.25, 0.3) is 6.08 Å². The van der Waals surface area contributed by atoms with Crippen molar-refractivity contribution in [3.05, 3.63) is 63.0 Å². The Morgan fingerprint density at radius 1 is 1.32 bits per heavy atom. The lowest BCUT2D eigenvalue weighted by molar-refractivity contribution is -0.139. The Balaban J connectivity index is 1.86. The largest absolute Gasteiger partial charge is 0.493 e. The standard InChI is InChI=1S/C21H15ClN2O6S/c1-29-16-7-12(6-15(22)19(16)30-11-18(25)26)8-17-20(27)24(21(28)31-17)10-14-5-3-2-4-13(14)9-23/h2-8H,10-11H2,1H3,(H,25,26)/b17-8+. The number of carbonyl (C=O) groups is 3. The average Bonchev–Trinajstić information content (AvgIpc) is 3.00. The van der Waals surface area contributed by atoms with E-state index in [9.17, 15) is 19.6 Å². The van der Waals surface area contributed by atoms with Gasteiger partial charge >= 0.3 is 5.97 Å². The number of thioether (sulfide) groups is 1. The number of carboxylic acids is 1. The molecule has 2 aromatic carbocycles. The molecule has 1 saturated heterocycles. The van der Waals surface area contributed by atoms with Gasteiger partial charge in [-0.15, -0.1) is 0 Å². The molecule has 0 radical (unpaired) electrons. The lowest BCUT2D eigenvalue weighted by Gasteiger charge is -2.13. The van der Waals surface area contributed by atoms with Crippen LogP contribution in [0.4, 0.5) is 4.79 Å². The number of benzene rings is 2. The van der Waals surface area contributed by atoms with Crippen LogP contribution in [0.2, 0.25) is 5.02 Å². The summed E-state index contributed by atoms with van der Waals surface area (Å²) in [6.07, 6.45) is 1.48. The third kappa shape index (κ3) is 4.99. The van der Waals surface area contributed by atoms with Gasteiger partial charge in [0.15, 0.2) is 18.1 Å². The number of imide groups is 1. The summed E-state index contributed by atoms with van der Waals surface area (Å²) in [4.78, 5) is 37.2. The molecule has 2 amide bonds. The number of carboxylic acid groups (broad SMARTS) is 1. The van der Waals surface area contributed by atoms with E-state index in [1.54, 1.807) is 24.3 Å². The molecule has 1 heterocycles. The van der Waals surface area contributed by atoms with Gasteiger partial charge < -0.3 is 14.6 Å². The summed E-state index contributed by atoms with van der Waals surface area (Å²) < 4.78 is 10.4. The van der Waals surface area contributed by atoms with Crippen molar-refractivity contribution in [1.82, 2.24) is 4.90 Å². The van der Waals surface area contributed by atoms with Gasteiger partial charge in [0.2, 0.25) is 0 Å². The van der Waals surface area contributed by atoms with Gasteiger partial charge in [-0.25, -0.2) is 4.79 Å². The lowest BCUT2D eigenvalue weighted by atomic mass is 10.1. The van der Waals surface area contributed by atoms with E-state index in [0.717, 1.165) is 16.7 Å². The number of hydrogen-bond donors (Lipinski definition) is 1. The minimum Gasteiger partial charge on any atom is -0.493 e. The van der Waals surface area contributed by atoms with Crippen LogP contribution >= 0.6 is 23.4 Å². The van der Waals surface area contributed by atoms with Crippen LogP contribution < -0.4 is 9.47 Å². The summed E-state index contributed by atoms with van der Waals surface area (Å²) >= 11 is 6.96. The Morgan fingerprint density at radius 3 is 2.74 bits per heavy atom. The topological polar surface area (TPSA) is 117 Å². The summed E-state index contributed by atoms with van der Waals surface area (Å²) in [5, 5.41) is 17.6. The van der Waals surface area contributed by atoms with Gasteiger partial charge in [0, 0.05) is 0 Å². The van der Waals surface area contributed by atoms with Crippen LogP contribution in [0.15, 0.2) is 41.3 Å². The highest BCUT2D eigenvalue weighted by molar-refractivity contribution is 8.18. The van der Waals surface area contributed by atoms with Crippen molar-refractivity contribution >= 4 is 46.6 Å². The van der Waals surface area contributed by atoms with Gasteiger partial charge in [0.1, 0.15) is 0 Å². The number of methoxy groups -OCH3 is 1. The Bertz CT molecular complexity index is 1140. The Hall–Kier alpha value is -3.48. The second-order valence-electron chi connectivity index (χ2n) is 6.25. The highest BCUT2D eigenvalue weighted by atomic mass is 35.5. The highest BCUT2D eigenvalue weighted by Crippen LogP contribution is 2.39. The summed E-state index contributed by atoms with van der Waals surface area (Å²) in [5.41, 5.74) is 1.42. The molecule has 1 N–H and O–H groups in total. The van der Waals surface area contributed by atoms with Crippen LogP contribution in [-0.4, -0.2) is 40.8 Å². The van der Waals surface area contributed by atoms with Crippen molar-refractivity contribution in [3.8, 4) is 17.6 Å². The molecule has 3 rings (SSSR count). The second-order valence-corrected chi connectivity index (χ2v) is 7.65. The number of ether oxygens (including phenoxy) is 2. The van der Waals surface area contributed by atoms with Crippen molar-refractivity contribution in [2.75, 3.05) is 13.7 Å². The van der Waals surface area contributed by atoms with Crippen LogP contribution in [0.5, 0.6) is 11.5 Å². The van der Waals surface area contributed by atoms with Gasteiger partial charge in [0.05, 0.1) is 35.2 Å². The molecule has 2 aromatic rings. The van der Waals surface area contributed by atoms with Crippen molar-refractivity contribution < 1.29 is 29.0 Å². The molecular formula is C21H15ClN2O6S. The molecule has 0 spiro atoms. The van der Waals surface area contributed by atoms with E-state index in [-0.39, 0.29) is 28.0 Å². The van der Waals surface area contributed by atoms with E-state index in [2.05, 4.69) is 0 Å². The molecule has 0 bridgehead atoms. The predicted octanol–water partition coefficient (Wildman–Crippen LogP) is 3.92. The smallest absolute Gasteiger partial charge is 0.341 e. The van der Waals surface area contributed by atoms with E-state index >= 15 is 0 Å². The van der Waals surface area contributed by atoms with E-state index in [4.69, 9.17) is 26.2 Å². The summed E-state index contributed by atoms with van der Waals surface area (Å²) in [6, 6.07) is 11.8. The summed E-state index contributed by atoms with van der Waals surface area (Å²) in [5.74, 6) is -1.43. The van der Waals surface area contributed by atoms with Crippen molar-refractivity contribution in [2.24, 2.45) is 0 Å². The fourth-order valence-electron chi connectivity index (χ4n) is 2.82. The molecule has 0 atom stereocenters. The van der Waals surface area contributed by atoms with Crippen molar-refractivity contribution in [1.29, 1.82) is 5.26 Å². The summed E-state index contributed by atoms with van der Waals surface area (Å²) in [7, 11) is 1.36. The number of halogens is 1. The minimum atomic E-state index is -1.17. The first-order chi connectivity index (χ1) is 14.8. The highest BCUT2D eigenvalue weighted by Gasteiger charge is 2.35. The number of carbonyl (C=O) groups excluding carboxylic acids is 2. The number of rotatable bonds is 7. The maximum absolute atomic E-state index is 12.8. The van der Waals surface area contributed by atoms with E-state index in [0.29, 0.717) is 16.7 Å². The lowest BCUT2D eigenvalue weighted by Crippen LogP contribution is -2.27. The zero-order valence-electron chi connectivity index (χ0n) is 16.1. The van der Waals surface area contributed by atoms with Gasteiger partial charge in [-0.2, -0.15) is 5.26 Å². The zero-order chi connectivity index (χ0) is 22.5. The first-order valence-corrected chi connectivity index (χ1v) is 9.99. The monoisotopic (exact) mass is 458 g/mol. The Morgan fingerprint density at radius 2 is 2.06 bits per heavy atom. The van der Waals surface area contributed by atoms with Crippen LogP contribution in [-0.2, 0) is 16.1 Å². The third-order valence-electron chi connectivity index (χ3n) is 4.23. The average molecular weight is 459 g/mol. The molecule has 1 aliphatic rings. The first-order valence-electron chi connectivity index (χ1n) is 8.79. The minimum absolute atomic E-state index is 0.0161. The maximum Gasteiger partial charge on any atom is 0.341 e. The van der Waals surface area contributed by atoms with Crippen LogP contribution in [0.3, 0.4) is 0 Å². The number of amides is 2. The second kappa shape index (κ2) is 9.55. The van der Waals surface area contributed by atoms with E-state index < -0.39 is 23.7 Å². The maximum atomic E-state index is 12.8. The van der Waals surface area contributed by atoms with Crippen molar-refractivity contribution in [3.63, 3.8) is 0 Å². The molecule has 0 aliphatic carbocycles. The third-order valence-corrected chi connectivity index (χ3v) is 5.42. The zero-order valence-corrected chi connectivity index (χ0v) is 17.7. The van der Waals surface area contributed by atoms with E-state index in [1.165, 1.54) is 25.3 Å². The quantitative estimate of drug-likeness (QED) is 0.620. The summed E-state index contributed by atoms with van der Waals surface area (Å²) in [6.45, 7) is -0.615. The normalized spacial score (nSPS) is 14.6. The first kappa shape index (κ1) is 22.2. The molecule has 0 aromatic heterocycles. The van der Waals surface area contributed by atoms with Gasteiger partial charge in [-0.05, 0) is 47.2 Å². The molecule has 1 fully saturated rings.